The summed E-state index contributed by atoms with van der Waals surface area (Å²) in [5, 5.41) is 0. The SMILES string of the molecule is CCCCCCC1=Cc2c(-c3ccc(C(C)(C)C)cc3)ccc(-c3ccc(C(C)(C)C)cc3)c2C1. The molecule has 0 radical (unpaired) electrons. The topological polar surface area (TPSA) is 0 Å². The average molecular weight is 465 g/mol. The van der Waals surface area contributed by atoms with Gasteiger partial charge in [-0.25, -0.2) is 0 Å². The standard InChI is InChI=1S/C35H44/c1-8-9-10-11-12-25-23-32-30(26-13-17-28(18-14-26)34(2,3)4)21-22-31(33(32)24-25)27-15-19-29(20-16-27)35(5,6)7/h13-23H,8-12,24H2,1-7H3. The molecular formula is C35H44. The maximum absolute atomic E-state index is 2.52. The van der Waals surface area contributed by atoms with Crippen molar-refractivity contribution in [2.45, 2.75) is 97.8 Å². The monoisotopic (exact) mass is 464 g/mol. The third-order valence-electron chi connectivity index (χ3n) is 7.58. The first-order chi connectivity index (χ1) is 16.6. The summed E-state index contributed by atoms with van der Waals surface area (Å²) in [7, 11) is 0. The van der Waals surface area contributed by atoms with E-state index >= 15 is 0 Å². The minimum atomic E-state index is 0.176. The molecule has 3 aromatic carbocycles. The maximum atomic E-state index is 2.52. The van der Waals surface area contributed by atoms with Crippen LogP contribution in [0.4, 0.5) is 0 Å². The number of rotatable bonds is 7. The van der Waals surface area contributed by atoms with Gasteiger partial charge in [0.05, 0.1) is 0 Å². The predicted molar refractivity (Wildman–Crippen MR) is 155 cm³/mol. The van der Waals surface area contributed by atoms with Crippen molar-refractivity contribution in [1.82, 2.24) is 0 Å². The molecule has 184 valence electrons. The van der Waals surface area contributed by atoms with Crippen LogP contribution in [0.3, 0.4) is 0 Å². The highest BCUT2D eigenvalue weighted by Gasteiger charge is 2.22. The molecule has 1 aliphatic carbocycles. The summed E-state index contributed by atoms with van der Waals surface area (Å²) in [5.41, 5.74) is 13.1. The van der Waals surface area contributed by atoms with Crippen molar-refractivity contribution >= 4 is 6.08 Å². The van der Waals surface area contributed by atoms with E-state index in [0.717, 1.165) is 6.42 Å². The summed E-state index contributed by atoms with van der Waals surface area (Å²) in [6.45, 7) is 16.0. The van der Waals surface area contributed by atoms with Gasteiger partial charge >= 0.3 is 0 Å². The Morgan fingerprint density at radius 2 is 1.11 bits per heavy atom. The third-order valence-corrected chi connectivity index (χ3v) is 7.58. The molecule has 35 heavy (non-hydrogen) atoms. The van der Waals surface area contributed by atoms with E-state index in [1.807, 2.05) is 0 Å². The van der Waals surface area contributed by atoms with Gasteiger partial charge in [0.25, 0.3) is 0 Å². The second-order valence-electron chi connectivity index (χ2n) is 12.5. The summed E-state index contributed by atoms with van der Waals surface area (Å²) in [6.07, 6.45) is 10.1. The fourth-order valence-corrected chi connectivity index (χ4v) is 5.26. The number of hydrogen-bond acceptors (Lipinski definition) is 0. The lowest BCUT2D eigenvalue weighted by Crippen LogP contribution is -2.10. The lowest BCUT2D eigenvalue weighted by molar-refractivity contribution is 0.590. The van der Waals surface area contributed by atoms with Gasteiger partial charge in [0, 0.05) is 0 Å². The van der Waals surface area contributed by atoms with Crippen molar-refractivity contribution in [2.75, 3.05) is 0 Å². The molecule has 0 saturated heterocycles. The van der Waals surface area contributed by atoms with E-state index in [4.69, 9.17) is 0 Å². The van der Waals surface area contributed by atoms with E-state index in [9.17, 15) is 0 Å². The van der Waals surface area contributed by atoms with E-state index in [-0.39, 0.29) is 10.8 Å². The van der Waals surface area contributed by atoms with Crippen LogP contribution in [0.5, 0.6) is 0 Å². The van der Waals surface area contributed by atoms with Gasteiger partial charge in [-0.3, -0.25) is 0 Å². The summed E-state index contributed by atoms with van der Waals surface area (Å²) in [4.78, 5) is 0. The molecule has 0 amide bonds. The summed E-state index contributed by atoms with van der Waals surface area (Å²) in [5.74, 6) is 0. The average Bonchev–Trinajstić information content (AvgIpc) is 3.24. The zero-order valence-corrected chi connectivity index (χ0v) is 23.1. The van der Waals surface area contributed by atoms with Crippen LogP contribution in [0.15, 0.2) is 66.2 Å². The van der Waals surface area contributed by atoms with E-state index in [2.05, 4.69) is 115 Å². The molecule has 0 nitrogen and oxygen atoms in total. The van der Waals surface area contributed by atoms with Gasteiger partial charge in [0.1, 0.15) is 0 Å². The zero-order chi connectivity index (χ0) is 25.2. The van der Waals surface area contributed by atoms with Crippen LogP contribution in [-0.2, 0) is 17.3 Å². The van der Waals surface area contributed by atoms with Gasteiger partial charge in [-0.2, -0.15) is 0 Å². The first-order valence-electron chi connectivity index (χ1n) is 13.6. The Hall–Kier alpha value is -2.60. The van der Waals surface area contributed by atoms with Crippen molar-refractivity contribution in [3.63, 3.8) is 0 Å². The second-order valence-corrected chi connectivity index (χ2v) is 12.5. The highest BCUT2D eigenvalue weighted by atomic mass is 14.3. The second kappa shape index (κ2) is 10.2. The van der Waals surface area contributed by atoms with E-state index < -0.39 is 0 Å². The number of allylic oxidation sites excluding steroid dienone is 1. The van der Waals surface area contributed by atoms with Gasteiger partial charge in [-0.15, -0.1) is 0 Å². The molecule has 0 heterocycles. The molecule has 0 N–H and O–H groups in total. The molecule has 0 bridgehead atoms. The van der Waals surface area contributed by atoms with Crippen LogP contribution in [0.1, 0.15) is 103 Å². The van der Waals surface area contributed by atoms with Crippen LogP contribution in [0.25, 0.3) is 28.3 Å². The first kappa shape index (κ1) is 25.5. The van der Waals surface area contributed by atoms with E-state index in [1.54, 1.807) is 5.57 Å². The van der Waals surface area contributed by atoms with Gasteiger partial charge in [-0.1, -0.05) is 140 Å². The van der Waals surface area contributed by atoms with Crippen LogP contribution >= 0.6 is 0 Å². The minimum Gasteiger partial charge on any atom is -0.0654 e. The molecule has 0 unspecified atom stereocenters. The Bertz CT molecular complexity index is 1170. The number of benzene rings is 3. The van der Waals surface area contributed by atoms with E-state index in [1.165, 1.54) is 76.6 Å². The van der Waals surface area contributed by atoms with Gasteiger partial charge in [0.2, 0.25) is 0 Å². The Morgan fingerprint density at radius 1 is 0.600 bits per heavy atom. The largest absolute Gasteiger partial charge is 0.0654 e. The lowest BCUT2D eigenvalue weighted by Gasteiger charge is -2.20. The van der Waals surface area contributed by atoms with Crippen LogP contribution < -0.4 is 0 Å². The molecule has 0 spiro atoms. The molecule has 0 aromatic heterocycles. The minimum absolute atomic E-state index is 0.176. The molecule has 0 aliphatic heterocycles. The molecular weight excluding hydrogens is 420 g/mol. The highest BCUT2D eigenvalue weighted by molar-refractivity contribution is 5.87. The normalized spacial score (nSPS) is 13.6. The Balaban J connectivity index is 1.72. The highest BCUT2D eigenvalue weighted by Crippen LogP contribution is 2.42. The lowest BCUT2D eigenvalue weighted by atomic mass is 9.84. The predicted octanol–water partition coefficient (Wildman–Crippen LogP) is 10.5. The molecule has 0 saturated carbocycles. The quantitative estimate of drug-likeness (QED) is 0.305. The van der Waals surface area contributed by atoms with Crippen LogP contribution in [0, 0.1) is 0 Å². The molecule has 0 atom stereocenters. The maximum Gasteiger partial charge on any atom is -0.00514 e. The molecule has 1 aliphatic rings. The molecule has 0 fully saturated rings. The summed E-state index contributed by atoms with van der Waals surface area (Å²) >= 11 is 0. The number of fused-ring (bicyclic) bond motifs is 1. The van der Waals surface area contributed by atoms with Gasteiger partial charge < -0.3 is 0 Å². The van der Waals surface area contributed by atoms with Crippen molar-refractivity contribution in [3.05, 3.63) is 88.5 Å². The van der Waals surface area contributed by atoms with Crippen molar-refractivity contribution in [1.29, 1.82) is 0 Å². The number of hydrogen-bond donors (Lipinski definition) is 0. The van der Waals surface area contributed by atoms with Crippen molar-refractivity contribution in [2.24, 2.45) is 0 Å². The van der Waals surface area contributed by atoms with Crippen molar-refractivity contribution < 1.29 is 0 Å². The Labute approximate surface area is 214 Å². The Kier molecular flexibility index (Phi) is 7.41. The molecule has 3 aromatic rings. The molecule has 4 rings (SSSR count). The fourth-order valence-electron chi connectivity index (χ4n) is 5.26. The smallest absolute Gasteiger partial charge is 0.00514 e. The fraction of sp³-hybridized carbons (Fsp3) is 0.429. The summed E-state index contributed by atoms with van der Waals surface area (Å²) in [6, 6.07) is 23.3. The van der Waals surface area contributed by atoms with Crippen LogP contribution in [0.2, 0.25) is 0 Å². The van der Waals surface area contributed by atoms with Gasteiger partial charge in [0.15, 0.2) is 0 Å². The van der Waals surface area contributed by atoms with E-state index in [0.29, 0.717) is 0 Å². The zero-order valence-electron chi connectivity index (χ0n) is 23.1. The van der Waals surface area contributed by atoms with Crippen molar-refractivity contribution in [3.8, 4) is 22.3 Å². The van der Waals surface area contributed by atoms with Crippen LogP contribution in [-0.4, -0.2) is 0 Å². The Morgan fingerprint density at radius 3 is 1.63 bits per heavy atom. The summed E-state index contributed by atoms with van der Waals surface area (Å²) < 4.78 is 0. The molecule has 0 heteroatoms. The number of unbranched alkanes of at least 4 members (excludes halogenated alkanes) is 3. The third kappa shape index (κ3) is 5.80. The van der Waals surface area contributed by atoms with Gasteiger partial charge in [-0.05, 0) is 74.6 Å². The first-order valence-corrected chi connectivity index (χ1v) is 13.6.